The van der Waals surface area contributed by atoms with Crippen molar-refractivity contribution in [3.05, 3.63) is 41.6 Å². The van der Waals surface area contributed by atoms with E-state index in [0.29, 0.717) is 31.2 Å². The Morgan fingerprint density at radius 1 is 1.25 bits per heavy atom. The second-order valence-electron chi connectivity index (χ2n) is 6.57. The van der Waals surface area contributed by atoms with Crippen molar-refractivity contribution in [1.82, 2.24) is 14.9 Å². The Hall–Kier alpha value is -2.97. The molecule has 1 aromatic heterocycles. The SMILES string of the molecule is CCOC(=O)N1CCC(Nc2cc(C)nc(Nc3ccc(F)cc3F)n2)CC1. The summed E-state index contributed by atoms with van der Waals surface area (Å²) in [4.78, 5) is 22.1. The van der Waals surface area contributed by atoms with Crippen LogP contribution in [0.5, 0.6) is 0 Å². The first-order valence-electron chi connectivity index (χ1n) is 9.20. The van der Waals surface area contributed by atoms with Gasteiger partial charge < -0.3 is 20.3 Å². The number of benzene rings is 1. The van der Waals surface area contributed by atoms with Crippen molar-refractivity contribution in [1.29, 1.82) is 0 Å². The lowest BCUT2D eigenvalue weighted by atomic mass is 10.1. The van der Waals surface area contributed by atoms with Crippen molar-refractivity contribution in [2.75, 3.05) is 30.3 Å². The molecule has 2 N–H and O–H groups in total. The van der Waals surface area contributed by atoms with Gasteiger partial charge >= 0.3 is 6.09 Å². The number of nitrogens with one attached hydrogen (secondary N) is 2. The van der Waals surface area contributed by atoms with E-state index in [1.807, 2.05) is 6.92 Å². The van der Waals surface area contributed by atoms with Crippen molar-refractivity contribution in [3.8, 4) is 0 Å². The third-order valence-corrected chi connectivity index (χ3v) is 4.40. The minimum absolute atomic E-state index is 0.0979. The number of anilines is 3. The largest absolute Gasteiger partial charge is 0.450 e. The number of ether oxygens (including phenoxy) is 1. The number of amides is 1. The van der Waals surface area contributed by atoms with Crippen LogP contribution in [0.2, 0.25) is 0 Å². The van der Waals surface area contributed by atoms with E-state index in [1.165, 1.54) is 6.07 Å². The summed E-state index contributed by atoms with van der Waals surface area (Å²) < 4.78 is 31.9. The van der Waals surface area contributed by atoms with Crippen LogP contribution in [-0.2, 0) is 4.74 Å². The molecule has 150 valence electrons. The van der Waals surface area contributed by atoms with Gasteiger partial charge in [0.15, 0.2) is 0 Å². The summed E-state index contributed by atoms with van der Waals surface area (Å²) in [5.74, 6) is -0.542. The van der Waals surface area contributed by atoms with Gasteiger partial charge in [-0.05, 0) is 38.8 Å². The first-order valence-corrected chi connectivity index (χ1v) is 9.20. The average molecular weight is 391 g/mol. The number of piperidine rings is 1. The molecule has 0 bridgehead atoms. The third kappa shape index (κ3) is 5.05. The van der Waals surface area contributed by atoms with E-state index in [-0.39, 0.29) is 23.8 Å². The predicted octanol–water partition coefficient (Wildman–Crippen LogP) is 3.84. The van der Waals surface area contributed by atoms with Crippen LogP contribution in [0.25, 0.3) is 0 Å². The summed E-state index contributed by atoms with van der Waals surface area (Å²) in [5.41, 5.74) is 0.798. The lowest BCUT2D eigenvalue weighted by Crippen LogP contribution is -2.42. The highest BCUT2D eigenvalue weighted by Crippen LogP contribution is 2.21. The molecular weight excluding hydrogens is 368 g/mol. The Bertz CT molecular complexity index is 841. The predicted molar refractivity (Wildman–Crippen MR) is 102 cm³/mol. The van der Waals surface area contributed by atoms with E-state index in [9.17, 15) is 13.6 Å². The number of halogens is 2. The molecular formula is C19H23F2N5O2. The molecule has 0 spiro atoms. The number of rotatable bonds is 5. The van der Waals surface area contributed by atoms with Crippen molar-refractivity contribution in [2.24, 2.45) is 0 Å². The second kappa shape index (κ2) is 8.81. The van der Waals surface area contributed by atoms with Crippen molar-refractivity contribution in [3.63, 3.8) is 0 Å². The minimum Gasteiger partial charge on any atom is -0.450 e. The van der Waals surface area contributed by atoms with Crippen LogP contribution in [0.15, 0.2) is 24.3 Å². The Balaban J connectivity index is 1.63. The number of carbonyl (C=O) groups excluding carboxylic acids is 1. The summed E-state index contributed by atoms with van der Waals surface area (Å²) >= 11 is 0. The zero-order valence-corrected chi connectivity index (χ0v) is 15.8. The van der Waals surface area contributed by atoms with Gasteiger partial charge in [0, 0.05) is 37.0 Å². The van der Waals surface area contributed by atoms with Gasteiger partial charge in [0.05, 0.1) is 12.3 Å². The fourth-order valence-corrected chi connectivity index (χ4v) is 3.04. The van der Waals surface area contributed by atoms with E-state index >= 15 is 0 Å². The summed E-state index contributed by atoms with van der Waals surface area (Å²) in [6.07, 6.45) is 1.24. The van der Waals surface area contributed by atoms with Crippen LogP contribution < -0.4 is 10.6 Å². The van der Waals surface area contributed by atoms with Crippen LogP contribution in [-0.4, -0.2) is 46.7 Å². The van der Waals surface area contributed by atoms with Gasteiger partial charge in [-0.1, -0.05) is 0 Å². The highest BCUT2D eigenvalue weighted by Gasteiger charge is 2.23. The van der Waals surface area contributed by atoms with Gasteiger partial charge in [-0.2, -0.15) is 4.98 Å². The van der Waals surface area contributed by atoms with Gasteiger partial charge in [0.25, 0.3) is 0 Å². The molecule has 9 heteroatoms. The summed E-state index contributed by atoms with van der Waals surface area (Å²) in [7, 11) is 0. The molecule has 1 aliphatic rings. The van der Waals surface area contributed by atoms with Gasteiger partial charge in [-0.3, -0.25) is 0 Å². The Kier molecular flexibility index (Phi) is 6.23. The Morgan fingerprint density at radius 3 is 2.68 bits per heavy atom. The van der Waals surface area contributed by atoms with Crippen molar-refractivity contribution in [2.45, 2.75) is 32.7 Å². The fourth-order valence-electron chi connectivity index (χ4n) is 3.04. The molecule has 1 fully saturated rings. The van der Waals surface area contributed by atoms with E-state index in [1.54, 1.807) is 17.9 Å². The molecule has 1 aromatic carbocycles. The number of aromatic nitrogens is 2. The first-order chi connectivity index (χ1) is 13.4. The quantitative estimate of drug-likeness (QED) is 0.806. The van der Waals surface area contributed by atoms with Gasteiger partial charge in [0.1, 0.15) is 17.5 Å². The molecule has 2 aromatic rings. The first kappa shape index (κ1) is 19.8. The summed E-state index contributed by atoms with van der Waals surface area (Å²) in [5, 5.41) is 6.12. The molecule has 3 rings (SSSR count). The molecule has 0 aliphatic carbocycles. The number of carbonyl (C=O) groups is 1. The molecule has 1 amide bonds. The fraction of sp³-hybridized carbons (Fsp3) is 0.421. The summed E-state index contributed by atoms with van der Waals surface area (Å²) in [6.45, 7) is 5.16. The molecule has 0 unspecified atom stereocenters. The van der Waals surface area contributed by atoms with Crippen LogP contribution in [0, 0.1) is 18.6 Å². The molecule has 0 radical (unpaired) electrons. The average Bonchev–Trinajstić information content (AvgIpc) is 2.64. The number of nitrogens with zero attached hydrogens (tertiary/aromatic N) is 3. The van der Waals surface area contributed by atoms with Crippen LogP contribution in [0.1, 0.15) is 25.5 Å². The minimum atomic E-state index is -0.717. The van der Waals surface area contributed by atoms with Gasteiger partial charge in [0.2, 0.25) is 5.95 Å². The van der Waals surface area contributed by atoms with E-state index in [2.05, 4.69) is 20.6 Å². The number of likely N-dealkylation sites (tertiary alicyclic amines) is 1. The molecule has 2 heterocycles. The topological polar surface area (TPSA) is 79.4 Å². The maximum absolute atomic E-state index is 13.9. The zero-order chi connectivity index (χ0) is 20.1. The molecule has 1 saturated heterocycles. The molecule has 0 atom stereocenters. The number of hydrogen-bond acceptors (Lipinski definition) is 6. The van der Waals surface area contributed by atoms with Crippen LogP contribution in [0.3, 0.4) is 0 Å². The molecule has 1 aliphatic heterocycles. The standard InChI is InChI=1S/C19H23F2N5O2/c1-3-28-19(27)26-8-6-14(7-9-26)23-17-10-12(2)22-18(25-17)24-16-5-4-13(20)11-15(16)21/h4-5,10-11,14H,3,6-9H2,1-2H3,(H2,22,23,24,25). The smallest absolute Gasteiger partial charge is 0.409 e. The maximum atomic E-state index is 13.9. The van der Waals surface area contributed by atoms with E-state index < -0.39 is 11.6 Å². The molecule has 28 heavy (non-hydrogen) atoms. The highest BCUT2D eigenvalue weighted by molar-refractivity contribution is 5.67. The highest BCUT2D eigenvalue weighted by atomic mass is 19.1. The lowest BCUT2D eigenvalue weighted by Gasteiger charge is -2.31. The normalized spacial score (nSPS) is 14.6. The number of aryl methyl sites for hydroxylation is 1. The van der Waals surface area contributed by atoms with Gasteiger partial charge in [-0.15, -0.1) is 0 Å². The summed E-state index contributed by atoms with van der Waals surface area (Å²) in [6, 6.07) is 5.21. The Labute approximate surface area is 162 Å². The second-order valence-corrected chi connectivity index (χ2v) is 6.57. The van der Waals surface area contributed by atoms with Crippen LogP contribution in [0.4, 0.5) is 31.0 Å². The van der Waals surface area contributed by atoms with Crippen LogP contribution >= 0.6 is 0 Å². The molecule has 7 nitrogen and oxygen atoms in total. The Morgan fingerprint density at radius 2 is 2.00 bits per heavy atom. The van der Waals surface area contributed by atoms with Crippen molar-refractivity contribution >= 4 is 23.5 Å². The van der Waals surface area contributed by atoms with Gasteiger partial charge in [-0.25, -0.2) is 18.6 Å². The molecule has 0 saturated carbocycles. The van der Waals surface area contributed by atoms with E-state index in [0.717, 1.165) is 25.0 Å². The van der Waals surface area contributed by atoms with Crippen molar-refractivity contribution < 1.29 is 18.3 Å². The van der Waals surface area contributed by atoms with E-state index in [4.69, 9.17) is 4.74 Å². The third-order valence-electron chi connectivity index (χ3n) is 4.40. The monoisotopic (exact) mass is 391 g/mol. The lowest BCUT2D eigenvalue weighted by molar-refractivity contribution is 0.0983. The maximum Gasteiger partial charge on any atom is 0.409 e. The number of hydrogen-bond donors (Lipinski definition) is 2. The zero-order valence-electron chi connectivity index (χ0n) is 15.8.